The average molecular weight is 348 g/mol. The van der Waals surface area contributed by atoms with Gasteiger partial charge in [0.2, 0.25) is 0 Å². The Balaban J connectivity index is 2.22. The highest BCUT2D eigenvalue weighted by molar-refractivity contribution is 7.94. The molecule has 0 radical (unpaired) electrons. The summed E-state index contributed by atoms with van der Waals surface area (Å²) in [5.74, 6) is -0.294. The number of fused-ring (bicyclic) bond motifs is 1. The van der Waals surface area contributed by atoms with Crippen molar-refractivity contribution >= 4 is 25.5 Å². The summed E-state index contributed by atoms with van der Waals surface area (Å²) < 4.78 is 51.2. The molecule has 3 rings (SSSR count). The molecule has 0 fully saturated rings. The highest BCUT2D eigenvalue weighted by Gasteiger charge is 2.36. The van der Waals surface area contributed by atoms with Crippen LogP contribution in [0.5, 0.6) is 0 Å². The molecule has 0 amide bonds. The molecule has 0 aromatic heterocycles. The standard InChI is InChI=1S/C15H12N2O4S2/c16-11-12-5-1-3-7-14(12)23(20,21)17-9-10-22(18,19)15-8-4-2-6-13(15)17/h1-8H,9-10H2. The van der Waals surface area contributed by atoms with E-state index in [9.17, 15) is 16.8 Å². The Hall–Kier alpha value is -2.37. The highest BCUT2D eigenvalue weighted by Crippen LogP contribution is 2.34. The third kappa shape index (κ3) is 2.48. The van der Waals surface area contributed by atoms with Gasteiger partial charge in [0.15, 0.2) is 9.84 Å². The van der Waals surface area contributed by atoms with Crippen LogP contribution >= 0.6 is 0 Å². The summed E-state index contributed by atoms with van der Waals surface area (Å²) >= 11 is 0. The van der Waals surface area contributed by atoms with E-state index in [1.165, 1.54) is 30.3 Å². The largest absolute Gasteiger partial charge is 0.265 e. The first-order valence-corrected chi connectivity index (χ1v) is 9.81. The molecule has 0 bridgehead atoms. The quantitative estimate of drug-likeness (QED) is 0.820. The zero-order chi connectivity index (χ0) is 16.7. The molecule has 0 saturated carbocycles. The second kappa shape index (κ2) is 5.37. The SMILES string of the molecule is N#Cc1ccccc1S(=O)(=O)N1CCS(=O)(=O)c2ccccc21. The topological polar surface area (TPSA) is 95.3 Å². The molecule has 0 aliphatic carbocycles. The van der Waals surface area contributed by atoms with Gasteiger partial charge in [0.05, 0.1) is 21.9 Å². The maximum atomic E-state index is 12.9. The molecule has 0 saturated heterocycles. The summed E-state index contributed by atoms with van der Waals surface area (Å²) in [6, 6.07) is 13.7. The van der Waals surface area contributed by atoms with E-state index in [1.54, 1.807) is 18.2 Å². The number of benzene rings is 2. The normalized spacial score (nSPS) is 16.4. The molecule has 2 aromatic rings. The monoisotopic (exact) mass is 348 g/mol. The van der Waals surface area contributed by atoms with Crippen molar-refractivity contribution < 1.29 is 16.8 Å². The Morgan fingerprint density at radius 3 is 2.43 bits per heavy atom. The van der Waals surface area contributed by atoms with Crippen LogP contribution < -0.4 is 4.31 Å². The maximum absolute atomic E-state index is 12.9. The number of para-hydroxylation sites is 1. The Morgan fingerprint density at radius 1 is 1.04 bits per heavy atom. The van der Waals surface area contributed by atoms with Gasteiger partial charge in [-0.2, -0.15) is 5.26 Å². The number of hydrogen-bond donors (Lipinski definition) is 0. The third-order valence-corrected chi connectivity index (χ3v) is 7.21. The van der Waals surface area contributed by atoms with Crippen LogP contribution in [0.1, 0.15) is 5.56 Å². The van der Waals surface area contributed by atoms with Crippen LogP contribution in [0.3, 0.4) is 0 Å². The fourth-order valence-electron chi connectivity index (χ4n) is 2.51. The van der Waals surface area contributed by atoms with Crippen molar-refractivity contribution in [1.82, 2.24) is 0 Å². The van der Waals surface area contributed by atoms with E-state index in [0.29, 0.717) is 0 Å². The van der Waals surface area contributed by atoms with Crippen LogP contribution in [0.2, 0.25) is 0 Å². The van der Waals surface area contributed by atoms with Crippen LogP contribution in [0.4, 0.5) is 5.69 Å². The van der Waals surface area contributed by atoms with Gasteiger partial charge >= 0.3 is 0 Å². The lowest BCUT2D eigenvalue weighted by Gasteiger charge is -2.30. The third-order valence-electron chi connectivity index (χ3n) is 3.61. The fraction of sp³-hybridized carbons (Fsp3) is 0.133. The molecule has 0 spiro atoms. The van der Waals surface area contributed by atoms with Crippen LogP contribution in [0, 0.1) is 11.3 Å². The van der Waals surface area contributed by atoms with Gasteiger partial charge in [-0.1, -0.05) is 24.3 Å². The molecule has 1 aliphatic heterocycles. The Bertz CT molecular complexity index is 1020. The van der Waals surface area contributed by atoms with Gasteiger partial charge in [0, 0.05) is 6.54 Å². The number of nitriles is 1. The summed E-state index contributed by atoms with van der Waals surface area (Å²) in [6.45, 7) is -0.179. The van der Waals surface area contributed by atoms with Crippen LogP contribution in [0.25, 0.3) is 0 Å². The smallest absolute Gasteiger partial charge is 0.264 e. The first-order valence-electron chi connectivity index (χ1n) is 6.71. The predicted octanol–water partition coefficient (Wildman–Crippen LogP) is 1.54. The Kier molecular flexibility index (Phi) is 3.62. The summed E-state index contributed by atoms with van der Waals surface area (Å²) in [5.41, 5.74) is 0.143. The summed E-state index contributed by atoms with van der Waals surface area (Å²) in [7, 11) is -7.53. The molecule has 1 aliphatic rings. The summed E-state index contributed by atoms with van der Waals surface area (Å²) in [6.07, 6.45) is 0. The van der Waals surface area contributed by atoms with Gasteiger partial charge in [0.25, 0.3) is 10.0 Å². The molecular formula is C15H12N2O4S2. The lowest BCUT2D eigenvalue weighted by molar-refractivity contribution is 0.583. The zero-order valence-electron chi connectivity index (χ0n) is 11.9. The Morgan fingerprint density at radius 2 is 1.70 bits per heavy atom. The molecular weight excluding hydrogens is 336 g/mol. The number of hydrogen-bond acceptors (Lipinski definition) is 5. The van der Waals surface area contributed by atoms with Crippen molar-refractivity contribution in [2.24, 2.45) is 0 Å². The van der Waals surface area contributed by atoms with E-state index in [2.05, 4.69) is 0 Å². The van der Waals surface area contributed by atoms with Gasteiger partial charge in [-0.15, -0.1) is 0 Å². The second-order valence-electron chi connectivity index (χ2n) is 4.97. The minimum absolute atomic E-state index is 0.00994. The molecule has 0 unspecified atom stereocenters. The molecule has 8 heteroatoms. The van der Waals surface area contributed by atoms with Gasteiger partial charge in [0.1, 0.15) is 11.0 Å². The lowest BCUT2D eigenvalue weighted by atomic mass is 10.2. The molecule has 118 valence electrons. The molecule has 2 aromatic carbocycles. The molecule has 6 nitrogen and oxygen atoms in total. The Labute approximate surface area is 134 Å². The molecule has 1 heterocycles. The number of sulfone groups is 1. The van der Waals surface area contributed by atoms with E-state index in [0.717, 1.165) is 4.31 Å². The van der Waals surface area contributed by atoms with Gasteiger partial charge in [-0.05, 0) is 24.3 Å². The minimum atomic E-state index is -4.02. The predicted molar refractivity (Wildman–Crippen MR) is 84.2 cm³/mol. The fourth-order valence-corrected chi connectivity index (χ4v) is 5.74. The number of anilines is 1. The number of nitrogens with zero attached hydrogens (tertiary/aromatic N) is 2. The van der Waals surface area contributed by atoms with Gasteiger partial charge < -0.3 is 0 Å². The zero-order valence-corrected chi connectivity index (χ0v) is 13.5. The lowest BCUT2D eigenvalue weighted by Crippen LogP contribution is -2.40. The molecule has 23 heavy (non-hydrogen) atoms. The van der Waals surface area contributed by atoms with Crippen molar-refractivity contribution in [2.75, 3.05) is 16.6 Å². The van der Waals surface area contributed by atoms with Crippen LogP contribution in [0.15, 0.2) is 58.3 Å². The second-order valence-corrected chi connectivity index (χ2v) is 8.88. The van der Waals surface area contributed by atoms with Gasteiger partial charge in [-0.25, -0.2) is 16.8 Å². The van der Waals surface area contributed by atoms with Crippen molar-refractivity contribution in [3.63, 3.8) is 0 Å². The molecule has 0 N–H and O–H groups in total. The minimum Gasteiger partial charge on any atom is -0.264 e. The average Bonchev–Trinajstić information content (AvgIpc) is 2.54. The van der Waals surface area contributed by atoms with E-state index < -0.39 is 19.9 Å². The van der Waals surface area contributed by atoms with Gasteiger partial charge in [-0.3, -0.25) is 4.31 Å². The van der Waals surface area contributed by atoms with E-state index in [1.807, 2.05) is 6.07 Å². The first kappa shape index (κ1) is 15.5. The highest BCUT2D eigenvalue weighted by atomic mass is 32.2. The number of sulfonamides is 1. The maximum Gasteiger partial charge on any atom is 0.265 e. The summed E-state index contributed by atoms with van der Waals surface area (Å²) in [5, 5.41) is 9.13. The van der Waals surface area contributed by atoms with E-state index >= 15 is 0 Å². The van der Waals surface area contributed by atoms with Crippen molar-refractivity contribution in [3.8, 4) is 6.07 Å². The molecule has 0 atom stereocenters. The van der Waals surface area contributed by atoms with E-state index in [-0.39, 0.29) is 33.3 Å². The summed E-state index contributed by atoms with van der Waals surface area (Å²) in [4.78, 5) is -0.138. The van der Waals surface area contributed by atoms with E-state index in [4.69, 9.17) is 5.26 Å². The first-order chi connectivity index (χ1) is 10.9. The van der Waals surface area contributed by atoms with Crippen molar-refractivity contribution in [3.05, 3.63) is 54.1 Å². The van der Waals surface area contributed by atoms with Crippen molar-refractivity contribution in [1.29, 1.82) is 5.26 Å². The van der Waals surface area contributed by atoms with Crippen LogP contribution in [-0.4, -0.2) is 29.1 Å². The van der Waals surface area contributed by atoms with Crippen molar-refractivity contribution in [2.45, 2.75) is 9.79 Å². The number of rotatable bonds is 2. The van der Waals surface area contributed by atoms with Crippen LogP contribution in [-0.2, 0) is 19.9 Å².